The van der Waals surface area contributed by atoms with E-state index in [0.717, 1.165) is 0 Å². The van der Waals surface area contributed by atoms with Crippen molar-refractivity contribution in [3.8, 4) is 0 Å². The number of benzene rings is 1. The van der Waals surface area contributed by atoms with Crippen LogP contribution in [0.5, 0.6) is 0 Å². The van der Waals surface area contributed by atoms with Crippen LogP contribution in [0.2, 0.25) is 0 Å². The van der Waals surface area contributed by atoms with Crippen molar-refractivity contribution in [2.24, 2.45) is 0 Å². The third kappa shape index (κ3) is 4.54. The molecule has 1 saturated heterocycles. The van der Waals surface area contributed by atoms with Crippen LogP contribution in [-0.4, -0.2) is 83.5 Å². The molecule has 1 fully saturated rings. The van der Waals surface area contributed by atoms with E-state index in [1.54, 1.807) is 0 Å². The minimum atomic E-state index is -1.21. The van der Waals surface area contributed by atoms with Crippen LogP contribution in [0.3, 0.4) is 0 Å². The molecule has 1 aromatic carbocycles. The molecule has 1 aromatic rings. The van der Waals surface area contributed by atoms with Gasteiger partial charge in [-0.25, -0.2) is 0 Å². The van der Waals surface area contributed by atoms with Crippen LogP contribution in [0.1, 0.15) is 6.92 Å². The molecule has 0 aromatic heterocycles. The Morgan fingerprint density at radius 1 is 1.27 bits per heavy atom. The molecular weight excluding hydrogens is 420 g/mol. The van der Waals surface area contributed by atoms with Gasteiger partial charge in [-0.05, 0) is 0 Å². The fourth-order valence-electron chi connectivity index (χ4n) is 2.13. The van der Waals surface area contributed by atoms with Gasteiger partial charge in [-0.2, -0.15) is 0 Å². The Morgan fingerprint density at radius 3 is 2.55 bits per heavy atom. The van der Waals surface area contributed by atoms with Crippen LogP contribution in [0, 0.1) is 0 Å². The monoisotopic (exact) mass is 441 g/mol. The molecule has 4 N–H and O–H groups in total. The third-order valence-electron chi connectivity index (χ3n) is 3.23. The number of ether oxygens (including phenoxy) is 1. The van der Waals surface area contributed by atoms with Crippen LogP contribution >= 0.6 is 0 Å². The molecule has 1 aliphatic heterocycles. The van der Waals surface area contributed by atoms with Crippen LogP contribution < -0.4 is 9.78 Å². The zero-order valence-corrected chi connectivity index (χ0v) is 15.4. The standard InChI is InChI=1S/C14H19NO5Se2/c1-8(17)15-11-13(19)12(18)10(7-16)20-14(11)22-21-9-5-3-2-4-6-9/h2-6,10-14,16,18-19H,7H2,1H3,(H,15,17)/t10-,11-,12-,13-,14+/m1/s1. The summed E-state index contributed by atoms with van der Waals surface area (Å²) in [7, 11) is 0. The van der Waals surface area contributed by atoms with Crippen molar-refractivity contribution >= 4 is 36.6 Å². The van der Waals surface area contributed by atoms with E-state index in [1.807, 2.05) is 30.3 Å². The number of hydrogen-bond acceptors (Lipinski definition) is 5. The Labute approximate surface area is 140 Å². The molecule has 0 bridgehead atoms. The molecule has 22 heavy (non-hydrogen) atoms. The average Bonchev–Trinajstić information content (AvgIpc) is 2.52. The molecule has 0 radical (unpaired) electrons. The number of hydrogen-bond donors (Lipinski definition) is 4. The van der Waals surface area contributed by atoms with Crippen molar-refractivity contribution < 1.29 is 24.9 Å². The van der Waals surface area contributed by atoms with Gasteiger partial charge in [0.05, 0.1) is 0 Å². The zero-order valence-electron chi connectivity index (χ0n) is 12.0. The molecule has 0 spiro atoms. The Kier molecular flexibility index (Phi) is 6.86. The van der Waals surface area contributed by atoms with Gasteiger partial charge in [0.25, 0.3) is 0 Å². The summed E-state index contributed by atoms with van der Waals surface area (Å²) < 4.78 is 6.93. The second kappa shape index (κ2) is 8.43. The quantitative estimate of drug-likeness (QED) is 0.383. The summed E-state index contributed by atoms with van der Waals surface area (Å²) in [4.78, 5) is 11.3. The summed E-state index contributed by atoms with van der Waals surface area (Å²) >= 11 is 0.160. The van der Waals surface area contributed by atoms with Gasteiger partial charge in [-0.15, -0.1) is 0 Å². The summed E-state index contributed by atoms with van der Waals surface area (Å²) in [6.07, 6.45) is -3.18. The normalized spacial score (nSPS) is 31.7. The Bertz CT molecular complexity index is 489. The molecule has 122 valence electrons. The van der Waals surface area contributed by atoms with E-state index in [1.165, 1.54) is 11.4 Å². The van der Waals surface area contributed by atoms with Gasteiger partial charge in [-0.1, -0.05) is 0 Å². The molecule has 0 saturated carbocycles. The van der Waals surface area contributed by atoms with Gasteiger partial charge < -0.3 is 0 Å². The molecular formula is C14H19NO5Se2. The number of carbonyl (C=O) groups is 1. The van der Waals surface area contributed by atoms with Crippen molar-refractivity contribution in [2.45, 2.75) is 36.3 Å². The van der Waals surface area contributed by atoms with Crippen molar-refractivity contribution in [1.29, 1.82) is 0 Å². The molecule has 1 heterocycles. The Balaban J connectivity index is 2.07. The first-order chi connectivity index (χ1) is 10.5. The zero-order chi connectivity index (χ0) is 16.1. The average molecular weight is 439 g/mol. The van der Waals surface area contributed by atoms with Crippen molar-refractivity contribution in [1.82, 2.24) is 5.32 Å². The van der Waals surface area contributed by atoms with E-state index in [0.29, 0.717) is 0 Å². The Morgan fingerprint density at radius 2 is 1.95 bits per heavy atom. The molecule has 0 aliphatic carbocycles. The first kappa shape index (κ1) is 17.9. The maximum absolute atomic E-state index is 11.3. The van der Waals surface area contributed by atoms with Crippen molar-refractivity contribution in [2.75, 3.05) is 6.61 Å². The van der Waals surface area contributed by atoms with Gasteiger partial charge in [0, 0.05) is 0 Å². The van der Waals surface area contributed by atoms with Gasteiger partial charge in [0.15, 0.2) is 0 Å². The number of nitrogens with one attached hydrogen (secondary N) is 1. The van der Waals surface area contributed by atoms with E-state index >= 15 is 0 Å². The molecule has 1 aliphatic rings. The van der Waals surface area contributed by atoms with Gasteiger partial charge in [-0.3, -0.25) is 0 Å². The molecule has 8 heteroatoms. The summed E-state index contributed by atoms with van der Waals surface area (Å²) in [6.45, 7) is 1.000. The van der Waals surface area contributed by atoms with Gasteiger partial charge >= 0.3 is 140 Å². The summed E-state index contributed by atoms with van der Waals surface area (Å²) in [5.41, 5.74) is 0. The van der Waals surface area contributed by atoms with Crippen LogP contribution in [0.15, 0.2) is 30.3 Å². The first-order valence-electron chi connectivity index (χ1n) is 6.81. The first-order valence-corrected chi connectivity index (χ1v) is 13.0. The van der Waals surface area contributed by atoms with E-state index in [9.17, 15) is 20.1 Å². The van der Waals surface area contributed by atoms with Crippen LogP contribution in [0.4, 0.5) is 0 Å². The second-order valence-electron chi connectivity index (χ2n) is 4.93. The topological polar surface area (TPSA) is 99.0 Å². The fourth-order valence-corrected chi connectivity index (χ4v) is 9.51. The van der Waals surface area contributed by atoms with Crippen molar-refractivity contribution in [3.63, 3.8) is 0 Å². The van der Waals surface area contributed by atoms with E-state index in [-0.39, 0.29) is 43.8 Å². The van der Waals surface area contributed by atoms with Gasteiger partial charge in [0.1, 0.15) is 0 Å². The predicted octanol–water partition coefficient (Wildman–Crippen LogP) is -2.42. The summed E-state index contributed by atoms with van der Waals surface area (Å²) in [5.74, 6) is -0.282. The molecule has 0 unspecified atom stereocenters. The number of amides is 1. The minimum absolute atomic E-state index is 0.00396. The Hall–Kier alpha value is -0.431. The summed E-state index contributed by atoms with van der Waals surface area (Å²) in [5, 5.41) is 31.7. The molecule has 2 rings (SSSR count). The maximum atomic E-state index is 11.3. The number of carbonyl (C=O) groups excluding carboxylic acids is 1. The van der Waals surface area contributed by atoms with Crippen LogP contribution in [-0.2, 0) is 9.53 Å². The molecule has 1 amide bonds. The van der Waals surface area contributed by atoms with Crippen molar-refractivity contribution in [3.05, 3.63) is 30.3 Å². The van der Waals surface area contributed by atoms with Crippen LogP contribution in [0.25, 0.3) is 0 Å². The molecule has 5 atom stereocenters. The van der Waals surface area contributed by atoms with E-state index < -0.39 is 24.4 Å². The second-order valence-corrected chi connectivity index (χ2v) is 11.6. The number of rotatable bonds is 5. The third-order valence-corrected chi connectivity index (χ3v) is 10.9. The van der Waals surface area contributed by atoms with E-state index in [2.05, 4.69) is 5.32 Å². The number of aliphatic hydroxyl groups is 3. The fraction of sp³-hybridized carbons (Fsp3) is 0.500. The van der Waals surface area contributed by atoms with E-state index in [4.69, 9.17) is 4.74 Å². The predicted molar refractivity (Wildman–Crippen MR) is 82.9 cm³/mol. The SMILES string of the molecule is CC(=O)N[C@@H]1[C@@H](O)[C@H](O)[C@@H](CO)O[C@H]1[Se][Se]c1ccccc1. The van der Waals surface area contributed by atoms with Gasteiger partial charge in [0.2, 0.25) is 0 Å². The number of aliphatic hydroxyl groups excluding tert-OH is 3. The summed E-state index contributed by atoms with van der Waals surface area (Å²) in [6, 6.07) is 9.30. The molecule has 6 nitrogen and oxygen atoms in total.